The van der Waals surface area contributed by atoms with E-state index in [-0.39, 0.29) is 11.8 Å². The van der Waals surface area contributed by atoms with E-state index in [1.54, 1.807) is 0 Å². The number of amides is 2. The first-order valence-corrected chi connectivity index (χ1v) is 12.3. The van der Waals surface area contributed by atoms with Crippen molar-refractivity contribution in [3.05, 3.63) is 11.6 Å². The van der Waals surface area contributed by atoms with Gasteiger partial charge in [-0.3, -0.25) is 9.59 Å². The number of carbonyl (C=O) groups excluding carboxylic acids is 2. The lowest BCUT2D eigenvalue weighted by Gasteiger charge is -2.39. The number of likely N-dealkylation sites (N-methyl/N-ethyl adjacent to an activating group) is 1. The average Bonchev–Trinajstić information content (AvgIpc) is 2.74. The normalized spacial score (nSPS) is 29.0. The molecule has 0 radical (unpaired) electrons. The average molecular weight is 418 g/mol. The molecule has 2 amide bonds. The van der Waals surface area contributed by atoms with Crippen molar-refractivity contribution in [2.45, 2.75) is 65.7 Å². The molecule has 0 aromatic heterocycles. The maximum atomic E-state index is 12.9. The molecular formula is C25H43N3O2. The Balaban J connectivity index is 1.57. The van der Waals surface area contributed by atoms with Crippen molar-refractivity contribution in [3.8, 4) is 0 Å². The molecular weight excluding hydrogens is 374 g/mol. The summed E-state index contributed by atoms with van der Waals surface area (Å²) in [7, 11) is 2.12. The van der Waals surface area contributed by atoms with E-state index in [1.165, 1.54) is 24.8 Å². The molecule has 0 bridgehead atoms. The van der Waals surface area contributed by atoms with Gasteiger partial charge in [-0.15, -0.1) is 0 Å². The zero-order valence-electron chi connectivity index (χ0n) is 19.7. The molecule has 5 heteroatoms. The van der Waals surface area contributed by atoms with Crippen LogP contribution in [-0.4, -0.2) is 61.4 Å². The van der Waals surface area contributed by atoms with Crippen LogP contribution in [0.3, 0.4) is 0 Å². The van der Waals surface area contributed by atoms with Crippen LogP contribution in [0.5, 0.6) is 0 Å². The van der Waals surface area contributed by atoms with E-state index >= 15 is 0 Å². The van der Waals surface area contributed by atoms with E-state index in [0.717, 1.165) is 52.0 Å². The highest BCUT2D eigenvalue weighted by Gasteiger charge is 2.34. The molecule has 170 valence electrons. The van der Waals surface area contributed by atoms with Gasteiger partial charge in [0.2, 0.25) is 11.8 Å². The fourth-order valence-corrected chi connectivity index (χ4v) is 5.63. The maximum Gasteiger partial charge on any atom is 0.223 e. The number of rotatable bonds is 6. The number of hydrogen-bond donors (Lipinski definition) is 1. The molecule has 1 N–H and O–H groups in total. The Morgan fingerprint density at radius 1 is 1.10 bits per heavy atom. The molecule has 1 saturated heterocycles. The number of hydrogen-bond acceptors (Lipinski definition) is 3. The molecule has 2 aliphatic carbocycles. The van der Waals surface area contributed by atoms with Gasteiger partial charge >= 0.3 is 0 Å². The minimum atomic E-state index is 0.221. The number of nitrogens with one attached hydrogen (secondary N) is 1. The summed E-state index contributed by atoms with van der Waals surface area (Å²) in [4.78, 5) is 29.8. The van der Waals surface area contributed by atoms with Crippen LogP contribution in [0.2, 0.25) is 0 Å². The molecule has 3 unspecified atom stereocenters. The standard InChI is InChI=1S/C25H43N3O2/c1-18(2)23-15-21(16-24(29)28-12-10-27(4)11-13-28)19(3)14-22(23)17-26-25(30)20-8-6-5-7-9-20/h14,18,20-23H,5-13,15-17H2,1-4H3,(H,26,30). The van der Waals surface area contributed by atoms with Crippen molar-refractivity contribution < 1.29 is 9.59 Å². The first-order chi connectivity index (χ1) is 14.3. The molecule has 1 saturated carbocycles. The third kappa shape index (κ3) is 6.09. The van der Waals surface area contributed by atoms with Crippen molar-refractivity contribution in [1.82, 2.24) is 15.1 Å². The molecule has 0 spiro atoms. The van der Waals surface area contributed by atoms with Crippen LogP contribution < -0.4 is 5.32 Å². The molecule has 5 nitrogen and oxygen atoms in total. The van der Waals surface area contributed by atoms with E-state index in [4.69, 9.17) is 0 Å². The van der Waals surface area contributed by atoms with Crippen LogP contribution in [0.25, 0.3) is 0 Å². The lowest BCUT2D eigenvalue weighted by Crippen LogP contribution is -2.47. The molecule has 30 heavy (non-hydrogen) atoms. The highest BCUT2D eigenvalue weighted by atomic mass is 16.2. The molecule has 1 aliphatic heterocycles. The molecule has 3 atom stereocenters. The molecule has 0 aromatic rings. The zero-order chi connectivity index (χ0) is 21.7. The predicted octanol–water partition coefficient (Wildman–Crippen LogP) is 3.70. The van der Waals surface area contributed by atoms with Gasteiger partial charge in [0, 0.05) is 45.1 Å². The van der Waals surface area contributed by atoms with Gasteiger partial charge in [-0.25, -0.2) is 0 Å². The van der Waals surface area contributed by atoms with E-state index < -0.39 is 0 Å². The van der Waals surface area contributed by atoms with Gasteiger partial charge in [0.15, 0.2) is 0 Å². The van der Waals surface area contributed by atoms with Crippen LogP contribution in [0.1, 0.15) is 65.7 Å². The first kappa shape index (κ1) is 23.3. The Hall–Kier alpha value is -1.36. The number of nitrogens with zero attached hydrogens (tertiary/aromatic N) is 2. The second-order valence-corrected chi connectivity index (χ2v) is 10.4. The Morgan fingerprint density at radius 3 is 2.40 bits per heavy atom. The van der Waals surface area contributed by atoms with Gasteiger partial charge in [-0.05, 0) is 56.9 Å². The minimum Gasteiger partial charge on any atom is -0.355 e. The molecule has 1 heterocycles. The van der Waals surface area contributed by atoms with Crippen molar-refractivity contribution in [2.24, 2.45) is 29.6 Å². The van der Waals surface area contributed by atoms with Crippen molar-refractivity contribution >= 4 is 11.8 Å². The lowest BCUT2D eigenvalue weighted by molar-refractivity contribution is -0.133. The molecule has 2 fully saturated rings. The molecule has 3 aliphatic rings. The van der Waals surface area contributed by atoms with Crippen LogP contribution in [0, 0.1) is 29.6 Å². The zero-order valence-corrected chi connectivity index (χ0v) is 19.7. The maximum absolute atomic E-state index is 12.9. The number of piperazine rings is 1. The second kappa shape index (κ2) is 10.8. The minimum absolute atomic E-state index is 0.221. The smallest absolute Gasteiger partial charge is 0.223 e. The summed E-state index contributed by atoms with van der Waals surface area (Å²) in [5.74, 6) is 2.59. The topological polar surface area (TPSA) is 52.7 Å². The van der Waals surface area contributed by atoms with Crippen LogP contribution >= 0.6 is 0 Å². The Kier molecular flexibility index (Phi) is 8.38. The van der Waals surface area contributed by atoms with E-state index in [0.29, 0.717) is 36.0 Å². The summed E-state index contributed by atoms with van der Waals surface area (Å²) in [6, 6.07) is 0. The highest BCUT2D eigenvalue weighted by Crippen LogP contribution is 2.39. The third-order valence-electron chi connectivity index (χ3n) is 7.85. The van der Waals surface area contributed by atoms with Crippen LogP contribution in [0.15, 0.2) is 11.6 Å². The Morgan fingerprint density at radius 2 is 1.77 bits per heavy atom. The molecule has 3 rings (SSSR count). The summed E-state index contributed by atoms with van der Waals surface area (Å²) in [6.45, 7) is 11.2. The van der Waals surface area contributed by atoms with Crippen LogP contribution in [0.4, 0.5) is 0 Å². The monoisotopic (exact) mass is 417 g/mol. The number of allylic oxidation sites excluding steroid dienone is 1. The predicted molar refractivity (Wildman–Crippen MR) is 122 cm³/mol. The van der Waals surface area contributed by atoms with Gasteiger partial charge in [0.1, 0.15) is 0 Å². The second-order valence-electron chi connectivity index (χ2n) is 10.4. The van der Waals surface area contributed by atoms with Crippen molar-refractivity contribution in [2.75, 3.05) is 39.8 Å². The third-order valence-corrected chi connectivity index (χ3v) is 7.85. The van der Waals surface area contributed by atoms with Gasteiger partial charge in [-0.1, -0.05) is 44.8 Å². The lowest BCUT2D eigenvalue weighted by atomic mass is 9.69. The summed E-state index contributed by atoms with van der Waals surface area (Å²) in [5, 5.41) is 3.28. The fraction of sp³-hybridized carbons (Fsp3) is 0.840. The highest BCUT2D eigenvalue weighted by molar-refractivity contribution is 5.78. The fourth-order valence-electron chi connectivity index (χ4n) is 5.63. The Bertz CT molecular complexity index is 616. The van der Waals surface area contributed by atoms with Crippen LogP contribution in [-0.2, 0) is 9.59 Å². The van der Waals surface area contributed by atoms with Crippen molar-refractivity contribution in [3.63, 3.8) is 0 Å². The number of carbonyl (C=O) groups is 2. The quantitative estimate of drug-likeness (QED) is 0.671. The first-order valence-electron chi connectivity index (χ1n) is 12.3. The van der Waals surface area contributed by atoms with Crippen molar-refractivity contribution in [1.29, 1.82) is 0 Å². The van der Waals surface area contributed by atoms with E-state index in [2.05, 4.69) is 44.1 Å². The summed E-state index contributed by atoms with van der Waals surface area (Å²) in [6.07, 6.45) is 9.83. The summed E-state index contributed by atoms with van der Waals surface area (Å²) < 4.78 is 0. The summed E-state index contributed by atoms with van der Waals surface area (Å²) in [5.41, 5.74) is 1.34. The van der Waals surface area contributed by atoms with Gasteiger partial charge in [0.25, 0.3) is 0 Å². The Labute approximate surface area is 183 Å². The van der Waals surface area contributed by atoms with Gasteiger partial charge in [-0.2, -0.15) is 0 Å². The summed E-state index contributed by atoms with van der Waals surface area (Å²) >= 11 is 0. The van der Waals surface area contributed by atoms with Gasteiger partial charge < -0.3 is 15.1 Å². The van der Waals surface area contributed by atoms with E-state index in [1.807, 2.05) is 4.90 Å². The SMILES string of the molecule is CC1=CC(CNC(=O)C2CCCCC2)C(C(C)C)CC1CC(=O)N1CCN(C)CC1. The largest absolute Gasteiger partial charge is 0.355 e. The molecule has 0 aromatic carbocycles. The van der Waals surface area contributed by atoms with E-state index in [9.17, 15) is 9.59 Å². The van der Waals surface area contributed by atoms with Gasteiger partial charge in [0.05, 0.1) is 0 Å².